The molecule has 0 unspecified atom stereocenters. The first-order chi connectivity index (χ1) is 15.5. The van der Waals surface area contributed by atoms with Gasteiger partial charge in [0.25, 0.3) is 11.8 Å². The summed E-state index contributed by atoms with van der Waals surface area (Å²) in [5, 5.41) is 11.8. The standard InChI is InChI=1S/C24H24N6O2/c1-4-29-22(24(32)28(2)3)20(15-25-29)26-23(31)19-16-30(18-13-9-6-10-14-18)27-21(19)17-11-7-5-8-12-17/h5-16H,4H2,1-3H3,(H,26,31). The molecule has 0 aliphatic carbocycles. The molecule has 162 valence electrons. The number of aryl methyl sites for hydroxylation is 1. The van der Waals surface area contributed by atoms with Crippen LogP contribution < -0.4 is 5.32 Å². The molecule has 2 amide bonds. The number of hydrogen-bond donors (Lipinski definition) is 1. The number of para-hydroxylation sites is 1. The first kappa shape index (κ1) is 21.0. The Labute approximate surface area is 186 Å². The Morgan fingerprint density at radius 2 is 1.66 bits per heavy atom. The summed E-state index contributed by atoms with van der Waals surface area (Å²) in [6.45, 7) is 2.40. The fourth-order valence-electron chi connectivity index (χ4n) is 3.41. The van der Waals surface area contributed by atoms with Crippen LogP contribution in [0.1, 0.15) is 27.8 Å². The predicted octanol–water partition coefficient (Wildman–Crippen LogP) is 3.71. The number of aromatic nitrogens is 4. The van der Waals surface area contributed by atoms with E-state index in [2.05, 4.69) is 15.5 Å². The molecular formula is C24H24N6O2. The van der Waals surface area contributed by atoms with Gasteiger partial charge >= 0.3 is 0 Å². The highest BCUT2D eigenvalue weighted by Gasteiger charge is 2.24. The van der Waals surface area contributed by atoms with Gasteiger partial charge in [-0.05, 0) is 19.1 Å². The Morgan fingerprint density at radius 3 is 2.28 bits per heavy atom. The van der Waals surface area contributed by atoms with Crippen molar-refractivity contribution in [1.82, 2.24) is 24.5 Å². The van der Waals surface area contributed by atoms with Crippen LogP contribution in [0.2, 0.25) is 0 Å². The fourth-order valence-corrected chi connectivity index (χ4v) is 3.41. The predicted molar refractivity (Wildman–Crippen MR) is 123 cm³/mol. The second kappa shape index (κ2) is 8.89. The quantitative estimate of drug-likeness (QED) is 0.507. The van der Waals surface area contributed by atoms with Crippen molar-refractivity contribution in [3.8, 4) is 16.9 Å². The number of rotatable bonds is 6. The Hall–Kier alpha value is -4.20. The van der Waals surface area contributed by atoms with Crippen molar-refractivity contribution in [2.45, 2.75) is 13.5 Å². The monoisotopic (exact) mass is 428 g/mol. The maximum atomic E-state index is 13.4. The van der Waals surface area contributed by atoms with Crippen LogP contribution in [-0.4, -0.2) is 50.4 Å². The summed E-state index contributed by atoms with van der Waals surface area (Å²) >= 11 is 0. The van der Waals surface area contributed by atoms with E-state index in [4.69, 9.17) is 0 Å². The second-order valence-corrected chi connectivity index (χ2v) is 7.41. The summed E-state index contributed by atoms with van der Waals surface area (Å²) in [5.41, 5.74) is 3.31. The van der Waals surface area contributed by atoms with E-state index in [-0.39, 0.29) is 11.8 Å². The van der Waals surface area contributed by atoms with Crippen molar-refractivity contribution >= 4 is 17.5 Å². The molecule has 2 heterocycles. The number of carbonyl (C=O) groups is 2. The molecule has 0 radical (unpaired) electrons. The minimum Gasteiger partial charge on any atom is -0.343 e. The van der Waals surface area contributed by atoms with Gasteiger partial charge in [-0.3, -0.25) is 14.3 Å². The van der Waals surface area contributed by atoms with Gasteiger partial charge in [-0.25, -0.2) is 4.68 Å². The van der Waals surface area contributed by atoms with Crippen LogP contribution in [0.15, 0.2) is 73.1 Å². The van der Waals surface area contributed by atoms with Crippen molar-refractivity contribution < 1.29 is 9.59 Å². The van der Waals surface area contributed by atoms with E-state index in [9.17, 15) is 9.59 Å². The maximum absolute atomic E-state index is 13.4. The number of amides is 2. The molecule has 0 atom stereocenters. The van der Waals surface area contributed by atoms with Gasteiger partial charge in [0.1, 0.15) is 11.4 Å². The largest absolute Gasteiger partial charge is 0.343 e. The molecular weight excluding hydrogens is 404 g/mol. The highest BCUT2D eigenvalue weighted by Crippen LogP contribution is 2.25. The van der Waals surface area contributed by atoms with Crippen molar-refractivity contribution in [1.29, 1.82) is 0 Å². The van der Waals surface area contributed by atoms with Gasteiger partial charge in [0, 0.05) is 32.4 Å². The molecule has 0 saturated heterocycles. The molecule has 0 aliphatic heterocycles. The van der Waals surface area contributed by atoms with Gasteiger partial charge in [0.2, 0.25) is 0 Å². The summed E-state index contributed by atoms with van der Waals surface area (Å²) in [6, 6.07) is 19.1. The molecule has 4 rings (SSSR count). The third kappa shape index (κ3) is 4.02. The van der Waals surface area contributed by atoms with Crippen LogP contribution in [0.5, 0.6) is 0 Å². The summed E-state index contributed by atoms with van der Waals surface area (Å²) in [6.07, 6.45) is 3.20. The van der Waals surface area contributed by atoms with Gasteiger partial charge in [0.15, 0.2) is 0 Å². The lowest BCUT2D eigenvalue weighted by molar-refractivity contribution is 0.0816. The summed E-state index contributed by atoms with van der Waals surface area (Å²) in [5.74, 6) is -0.600. The lowest BCUT2D eigenvalue weighted by Crippen LogP contribution is -2.26. The van der Waals surface area contributed by atoms with E-state index in [1.807, 2.05) is 67.6 Å². The van der Waals surface area contributed by atoms with Gasteiger partial charge < -0.3 is 10.2 Å². The molecule has 32 heavy (non-hydrogen) atoms. The zero-order valence-corrected chi connectivity index (χ0v) is 18.2. The third-order valence-corrected chi connectivity index (χ3v) is 5.02. The van der Waals surface area contributed by atoms with Gasteiger partial charge in [0.05, 0.1) is 23.1 Å². The Bertz CT molecular complexity index is 1240. The maximum Gasteiger partial charge on any atom is 0.273 e. The van der Waals surface area contributed by atoms with Gasteiger partial charge in [-0.1, -0.05) is 48.5 Å². The first-order valence-electron chi connectivity index (χ1n) is 10.3. The van der Waals surface area contributed by atoms with Crippen molar-refractivity contribution in [2.75, 3.05) is 19.4 Å². The minimum atomic E-state index is -0.366. The normalized spacial score (nSPS) is 10.7. The average molecular weight is 428 g/mol. The van der Waals surface area contributed by atoms with Crippen LogP contribution in [0.4, 0.5) is 5.69 Å². The number of benzene rings is 2. The molecule has 0 saturated carbocycles. The molecule has 0 spiro atoms. The summed E-state index contributed by atoms with van der Waals surface area (Å²) in [7, 11) is 3.33. The van der Waals surface area contributed by atoms with Gasteiger partial charge in [-0.2, -0.15) is 10.2 Å². The molecule has 0 bridgehead atoms. The second-order valence-electron chi connectivity index (χ2n) is 7.41. The topological polar surface area (TPSA) is 85.0 Å². The fraction of sp³-hybridized carbons (Fsp3) is 0.167. The average Bonchev–Trinajstić information content (AvgIpc) is 3.44. The molecule has 0 fully saturated rings. The molecule has 8 heteroatoms. The van der Waals surface area contributed by atoms with Crippen LogP contribution >= 0.6 is 0 Å². The van der Waals surface area contributed by atoms with Crippen LogP contribution in [0.3, 0.4) is 0 Å². The van der Waals surface area contributed by atoms with Crippen molar-refractivity contribution in [3.63, 3.8) is 0 Å². The molecule has 2 aromatic carbocycles. The molecule has 8 nitrogen and oxygen atoms in total. The van der Waals surface area contributed by atoms with E-state index in [1.54, 1.807) is 29.7 Å². The Kier molecular flexibility index (Phi) is 5.85. The number of nitrogens with zero attached hydrogens (tertiary/aromatic N) is 5. The molecule has 4 aromatic rings. The van der Waals surface area contributed by atoms with E-state index < -0.39 is 0 Å². The van der Waals surface area contributed by atoms with E-state index in [0.717, 1.165) is 11.3 Å². The zero-order valence-electron chi connectivity index (χ0n) is 18.2. The smallest absolute Gasteiger partial charge is 0.273 e. The molecule has 1 N–H and O–H groups in total. The first-order valence-corrected chi connectivity index (χ1v) is 10.3. The van der Waals surface area contributed by atoms with Crippen molar-refractivity contribution in [2.24, 2.45) is 0 Å². The van der Waals surface area contributed by atoms with Crippen molar-refractivity contribution in [3.05, 3.63) is 84.3 Å². The highest BCUT2D eigenvalue weighted by atomic mass is 16.2. The van der Waals surface area contributed by atoms with Crippen LogP contribution in [0, 0.1) is 0 Å². The Balaban J connectivity index is 1.75. The summed E-state index contributed by atoms with van der Waals surface area (Å²) in [4.78, 5) is 27.5. The van der Waals surface area contributed by atoms with Gasteiger partial charge in [-0.15, -0.1) is 0 Å². The van der Waals surface area contributed by atoms with Crippen LogP contribution in [-0.2, 0) is 6.54 Å². The zero-order chi connectivity index (χ0) is 22.7. The number of hydrogen-bond acceptors (Lipinski definition) is 4. The third-order valence-electron chi connectivity index (χ3n) is 5.02. The van der Waals surface area contributed by atoms with E-state index in [0.29, 0.717) is 29.2 Å². The van der Waals surface area contributed by atoms with E-state index in [1.165, 1.54) is 11.1 Å². The molecule has 0 aliphatic rings. The van der Waals surface area contributed by atoms with Crippen LogP contribution in [0.25, 0.3) is 16.9 Å². The minimum absolute atomic E-state index is 0.233. The Morgan fingerprint density at radius 1 is 1.00 bits per heavy atom. The lowest BCUT2D eigenvalue weighted by atomic mass is 10.1. The summed E-state index contributed by atoms with van der Waals surface area (Å²) < 4.78 is 3.25. The number of nitrogens with one attached hydrogen (secondary N) is 1. The number of carbonyl (C=O) groups excluding carboxylic acids is 2. The molecule has 2 aromatic heterocycles. The lowest BCUT2D eigenvalue weighted by Gasteiger charge is -2.13. The SMILES string of the molecule is CCn1ncc(NC(=O)c2cn(-c3ccccc3)nc2-c2ccccc2)c1C(=O)N(C)C. The van der Waals surface area contributed by atoms with E-state index >= 15 is 0 Å². The number of anilines is 1. The highest BCUT2D eigenvalue weighted by molar-refractivity contribution is 6.10.